The zero-order chi connectivity index (χ0) is 26.4. The Morgan fingerprint density at radius 2 is 1.50 bits per heavy atom. The Balaban J connectivity index is 1.98. The summed E-state index contributed by atoms with van der Waals surface area (Å²) in [5, 5.41) is 14.4. The molecule has 1 amide bonds. The number of aromatic hydroxyl groups is 1. The second-order valence-electron chi connectivity index (χ2n) is 11.5. The summed E-state index contributed by atoms with van der Waals surface area (Å²) in [5.74, 6) is 1.01. The number of hydrogen-bond donors (Lipinski definition) is 2. The van der Waals surface area contributed by atoms with Crippen molar-refractivity contribution in [3.05, 3.63) is 98.7 Å². The highest BCUT2D eigenvalue weighted by molar-refractivity contribution is 9.10. The fourth-order valence-corrected chi connectivity index (χ4v) is 5.12. The summed E-state index contributed by atoms with van der Waals surface area (Å²) in [6.45, 7) is 14.4. The molecule has 3 aromatic carbocycles. The quantitative estimate of drug-likeness (QED) is 0.347. The molecule has 5 heteroatoms. The second kappa shape index (κ2) is 9.44. The van der Waals surface area contributed by atoms with Crippen molar-refractivity contribution in [1.82, 2.24) is 0 Å². The Kier molecular flexibility index (Phi) is 6.82. The number of phenols is 1. The average molecular weight is 549 g/mol. The van der Waals surface area contributed by atoms with E-state index in [0.717, 1.165) is 38.2 Å². The number of rotatable bonds is 3. The van der Waals surface area contributed by atoms with Crippen LogP contribution in [0.25, 0.3) is 0 Å². The highest BCUT2D eigenvalue weighted by Crippen LogP contribution is 2.48. The lowest BCUT2D eigenvalue weighted by Gasteiger charge is -2.33. The van der Waals surface area contributed by atoms with Crippen LogP contribution in [-0.4, -0.2) is 11.0 Å². The first-order valence-electron chi connectivity index (χ1n) is 12.2. The van der Waals surface area contributed by atoms with E-state index in [9.17, 15) is 9.90 Å². The molecular weight excluding hydrogens is 514 g/mol. The molecule has 0 unspecified atom stereocenters. The number of allylic oxidation sites excluding steroid dienone is 1. The molecule has 1 aliphatic rings. The van der Waals surface area contributed by atoms with E-state index in [2.05, 4.69) is 62.8 Å². The van der Waals surface area contributed by atoms with Gasteiger partial charge < -0.3 is 15.2 Å². The van der Waals surface area contributed by atoms with Crippen molar-refractivity contribution in [2.75, 3.05) is 5.32 Å². The van der Waals surface area contributed by atoms with E-state index < -0.39 is 0 Å². The molecule has 36 heavy (non-hydrogen) atoms. The van der Waals surface area contributed by atoms with Crippen LogP contribution >= 0.6 is 15.9 Å². The fraction of sp³-hybridized carbons (Fsp3) is 0.323. The van der Waals surface area contributed by atoms with Crippen LogP contribution in [0.4, 0.5) is 5.69 Å². The molecule has 0 aromatic heterocycles. The van der Waals surface area contributed by atoms with Crippen molar-refractivity contribution >= 4 is 27.5 Å². The Morgan fingerprint density at radius 3 is 2.06 bits per heavy atom. The van der Waals surface area contributed by atoms with E-state index >= 15 is 0 Å². The number of carbonyl (C=O) groups is 1. The molecule has 0 fully saturated rings. The maximum Gasteiger partial charge on any atom is 0.255 e. The summed E-state index contributed by atoms with van der Waals surface area (Å²) in [6, 6.07) is 19.4. The van der Waals surface area contributed by atoms with Gasteiger partial charge in [0.05, 0.1) is 5.57 Å². The van der Waals surface area contributed by atoms with Gasteiger partial charge in [-0.3, -0.25) is 4.79 Å². The van der Waals surface area contributed by atoms with Crippen LogP contribution in [0.3, 0.4) is 0 Å². The van der Waals surface area contributed by atoms with Crippen molar-refractivity contribution in [3.8, 4) is 11.5 Å². The number of fused-ring (bicyclic) bond motifs is 1. The molecule has 4 nitrogen and oxygen atoms in total. The molecular formula is C31H34BrNO3. The minimum Gasteiger partial charge on any atom is -0.507 e. The summed E-state index contributed by atoms with van der Waals surface area (Å²) >= 11 is 3.61. The third-order valence-corrected chi connectivity index (χ3v) is 7.07. The number of phenolic OH excluding ortho intramolecular Hbond substituents is 1. The number of benzene rings is 3. The Labute approximate surface area is 222 Å². The van der Waals surface area contributed by atoms with Gasteiger partial charge in [0.2, 0.25) is 0 Å². The van der Waals surface area contributed by atoms with Crippen LogP contribution in [0.2, 0.25) is 0 Å². The zero-order valence-corrected chi connectivity index (χ0v) is 23.6. The highest BCUT2D eigenvalue weighted by atomic mass is 79.9. The number of amides is 1. The first kappa shape index (κ1) is 26.0. The molecule has 188 valence electrons. The van der Waals surface area contributed by atoms with Crippen LogP contribution in [-0.2, 0) is 15.6 Å². The van der Waals surface area contributed by atoms with Gasteiger partial charge in [0, 0.05) is 21.6 Å². The van der Waals surface area contributed by atoms with Gasteiger partial charge in [0.25, 0.3) is 5.91 Å². The number of anilines is 1. The zero-order valence-electron chi connectivity index (χ0n) is 22.0. The van der Waals surface area contributed by atoms with E-state index in [1.165, 1.54) is 0 Å². The lowest BCUT2D eigenvalue weighted by Crippen LogP contribution is -2.27. The first-order chi connectivity index (χ1) is 16.8. The van der Waals surface area contributed by atoms with Crippen molar-refractivity contribution in [2.24, 2.45) is 0 Å². The fourth-order valence-electron chi connectivity index (χ4n) is 4.74. The smallest absolute Gasteiger partial charge is 0.255 e. The number of halogens is 1. The summed E-state index contributed by atoms with van der Waals surface area (Å²) in [5.41, 5.74) is 4.24. The molecule has 0 bridgehead atoms. The maximum atomic E-state index is 13.8. The molecule has 0 saturated carbocycles. The highest BCUT2D eigenvalue weighted by Gasteiger charge is 2.36. The second-order valence-corrected chi connectivity index (χ2v) is 12.4. The summed E-state index contributed by atoms with van der Waals surface area (Å²) in [7, 11) is 0. The molecule has 1 heterocycles. The predicted molar refractivity (Wildman–Crippen MR) is 150 cm³/mol. The van der Waals surface area contributed by atoms with Gasteiger partial charge in [-0.1, -0.05) is 87.8 Å². The molecule has 0 saturated heterocycles. The van der Waals surface area contributed by atoms with E-state index in [1.807, 2.05) is 67.6 Å². The Morgan fingerprint density at radius 1 is 0.917 bits per heavy atom. The summed E-state index contributed by atoms with van der Waals surface area (Å²) in [6.07, 6.45) is 0. The van der Waals surface area contributed by atoms with Gasteiger partial charge in [-0.15, -0.1) is 0 Å². The predicted octanol–water partition coefficient (Wildman–Crippen LogP) is 8.19. The molecule has 0 aliphatic carbocycles. The van der Waals surface area contributed by atoms with E-state index in [4.69, 9.17) is 4.74 Å². The summed E-state index contributed by atoms with van der Waals surface area (Å²) < 4.78 is 7.08. The van der Waals surface area contributed by atoms with Crippen LogP contribution in [0.5, 0.6) is 11.5 Å². The summed E-state index contributed by atoms with van der Waals surface area (Å²) in [4.78, 5) is 13.8. The van der Waals surface area contributed by atoms with E-state index in [-0.39, 0.29) is 22.7 Å². The SMILES string of the molecule is CC1=C(C(=O)Nc2ccccc2)[C@@H](c2cc(C(C)(C)C)c(O)c(C(C)(C)C)c2)c2cc(Br)ccc2O1. The lowest BCUT2D eigenvalue weighted by molar-refractivity contribution is -0.113. The topological polar surface area (TPSA) is 58.6 Å². The van der Waals surface area contributed by atoms with Crippen molar-refractivity contribution in [1.29, 1.82) is 0 Å². The largest absolute Gasteiger partial charge is 0.507 e. The number of hydrogen-bond acceptors (Lipinski definition) is 3. The van der Waals surface area contributed by atoms with Crippen LogP contribution in [0, 0.1) is 0 Å². The van der Waals surface area contributed by atoms with Gasteiger partial charge in [0.1, 0.15) is 17.3 Å². The van der Waals surface area contributed by atoms with Gasteiger partial charge >= 0.3 is 0 Å². The number of ether oxygens (including phenoxy) is 1. The van der Waals surface area contributed by atoms with Gasteiger partial charge in [-0.2, -0.15) is 0 Å². The van der Waals surface area contributed by atoms with E-state index in [0.29, 0.717) is 17.1 Å². The third-order valence-electron chi connectivity index (χ3n) is 6.57. The minimum atomic E-state index is -0.377. The lowest BCUT2D eigenvalue weighted by atomic mass is 9.74. The van der Waals surface area contributed by atoms with Crippen LogP contribution in [0.15, 0.2) is 76.5 Å². The molecule has 0 spiro atoms. The van der Waals surface area contributed by atoms with Gasteiger partial charge in [-0.25, -0.2) is 0 Å². The van der Waals surface area contributed by atoms with Crippen LogP contribution < -0.4 is 10.1 Å². The first-order valence-corrected chi connectivity index (χ1v) is 13.0. The molecule has 4 rings (SSSR count). The maximum absolute atomic E-state index is 13.8. The minimum absolute atomic E-state index is 0.211. The average Bonchev–Trinajstić information content (AvgIpc) is 2.78. The normalized spacial score (nSPS) is 15.8. The van der Waals surface area contributed by atoms with Crippen molar-refractivity contribution in [3.63, 3.8) is 0 Å². The number of carbonyl (C=O) groups excluding carboxylic acids is 1. The molecule has 2 N–H and O–H groups in total. The van der Waals surface area contributed by atoms with Crippen LogP contribution in [0.1, 0.15) is 76.6 Å². The van der Waals surface area contributed by atoms with Gasteiger partial charge in [-0.05, 0) is 64.8 Å². The molecule has 0 radical (unpaired) electrons. The monoisotopic (exact) mass is 547 g/mol. The Bertz CT molecular complexity index is 1310. The van der Waals surface area contributed by atoms with Crippen molar-refractivity contribution in [2.45, 2.75) is 65.2 Å². The molecule has 1 aliphatic heterocycles. The number of para-hydroxylation sites is 1. The standard InChI is InChI=1S/C31H34BrNO3/c1-18-26(29(35)33-21-11-9-8-10-12-21)27(22-17-20(32)13-14-25(22)36-18)19-15-23(30(2,3)4)28(34)24(16-19)31(5,6)7/h8-17,27,34H,1-7H3,(H,33,35)/t27-/m0/s1. The van der Waals surface area contributed by atoms with Gasteiger partial charge in [0.15, 0.2) is 0 Å². The van der Waals surface area contributed by atoms with Crippen molar-refractivity contribution < 1.29 is 14.6 Å². The molecule has 1 atom stereocenters. The number of nitrogens with one attached hydrogen (secondary N) is 1. The van der Waals surface area contributed by atoms with E-state index in [1.54, 1.807) is 0 Å². The Hall–Kier alpha value is -3.05. The molecule has 3 aromatic rings. The third kappa shape index (κ3) is 5.08.